The van der Waals surface area contributed by atoms with Gasteiger partial charge in [-0.15, -0.1) is 0 Å². The number of nitrogens with zero attached hydrogens (tertiary/aromatic N) is 6. The number of nitrogens with one attached hydrogen (secondary N) is 1. The van der Waals surface area contributed by atoms with Gasteiger partial charge in [0.05, 0.1) is 35.6 Å². The zero-order valence-electron chi connectivity index (χ0n) is 21.6. The summed E-state index contributed by atoms with van der Waals surface area (Å²) in [5.74, 6) is -0.862. The van der Waals surface area contributed by atoms with Crippen LogP contribution in [-0.2, 0) is 6.18 Å². The summed E-state index contributed by atoms with van der Waals surface area (Å²) >= 11 is 0. The fraction of sp³-hybridized carbons (Fsp3) is 0.462. The second-order valence-electron chi connectivity index (χ2n) is 9.87. The molecular formula is C26H31F3N8O2. The third-order valence-electron chi connectivity index (χ3n) is 7.29. The first-order valence-corrected chi connectivity index (χ1v) is 12.9. The molecule has 0 bridgehead atoms. The summed E-state index contributed by atoms with van der Waals surface area (Å²) in [7, 11) is 1.90. The maximum absolute atomic E-state index is 14.7. The number of halogens is 3. The van der Waals surface area contributed by atoms with Crippen LogP contribution in [0.4, 0.5) is 24.5 Å². The number of piperazine rings is 1. The molecule has 1 saturated carbocycles. The van der Waals surface area contributed by atoms with Gasteiger partial charge in [0.25, 0.3) is 5.91 Å². The minimum absolute atomic E-state index is 0.0338. The van der Waals surface area contributed by atoms with Gasteiger partial charge in [-0.1, -0.05) is 0 Å². The number of aromatic nitrogens is 4. The Bertz CT molecular complexity index is 1290. The monoisotopic (exact) mass is 544 g/mol. The number of ether oxygens (including phenoxy) is 1. The third kappa shape index (κ3) is 5.83. The molecular weight excluding hydrogens is 513 g/mol. The lowest BCUT2D eigenvalue weighted by Gasteiger charge is -2.41. The van der Waals surface area contributed by atoms with Crippen molar-refractivity contribution in [2.45, 2.75) is 44.0 Å². The van der Waals surface area contributed by atoms with Crippen LogP contribution >= 0.6 is 0 Å². The van der Waals surface area contributed by atoms with E-state index in [9.17, 15) is 18.0 Å². The van der Waals surface area contributed by atoms with E-state index in [1.54, 1.807) is 17.2 Å². The van der Waals surface area contributed by atoms with Gasteiger partial charge in [0.1, 0.15) is 11.3 Å². The Labute approximate surface area is 223 Å². The summed E-state index contributed by atoms with van der Waals surface area (Å²) < 4.78 is 51.6. The van der Waals surface area contributed by atoms with E-state index in [2.05, 4.69) is 20.6 Å². The Hall–Kier alpha value is -3.71. The van der Waals surface area contributed by atoms with Crippen molar-refractivity contribution in [3.63, 3.8) is 0 Å². The zero-order valence-corrected chi connectivity index (χ0v) is 21.6. The normalized spacial score (nSPS) is 18.9. The topological polar surface area (TPSA) is 114 Å². The second kappa shape index (κ2) is 11.2. The van der Waals surface area contributed by atoms with Gasteiger partial charge >= 0.3 is 6.18 Å². The van der Waals surface area contributed by atoms with E-state index in [-0.39, 0.29) is 48.1 Å². The molecule has 1 aromatic carbocycles. The summed E-state index contributed by atoms with van der Waals surface area (Å²) in [5.41, 5.74) is 5.59. The van der Waals surface area contributed by atoms with Crippen LogP contribution in [0.1, 0.15) is 41.7 Å². The van der Waals surface area contributed by atoms with Crippen molar-refractivity contribution in [1.82, 2.24) is 24.9 Å². The van der Waals surface area contributed by atoms with Crippen molar-refractivity contribution in [1.29, 1.82) is 0 Å². The summed E-state index contributed by atoms with van der Waals surface area (Å²) in [6.07, 6.45) is 2.82. The first-order chi connectivity index (χ1) is 18.7. The largest absolute Gasteiger partial charge is 0.490 e. The Morgan fingerprint density at radius 3 is 2.64 bits per heavy atom. The van der Waals surface area contributed by atoms with E-state index in [0.29, 0.717) is 31.6 Å². The van der Waals surface area contributed by atoms with Crippen molar-refractivity contribution in [2.24, 2.45) is 5.73 Å². The molecule has 13 heteroatoms. The number of benzene rings is 1. The molecule has 0 unspecified atom stereocenters. The summed E-state index contributed by atoms with van der Waals surface area (Å²) in [6, 6.07) is 5.79. The van der Waals surface area contributed by atoms with Crippen LogP contribution in [-0.4, -0.2) is 76.2 Å². The number of alkyl halides is 3. The summed E-state index contributed by atoms with van der Waals surface area (Å²) in [5, 5.41) is 14.5. The number of likely N-dealkylation sites (N-methyl/N-ethyl adjacent to an activating group) is 1. The standard InChI is InChI=1S/C26H31F3N8O2/c1-35-12-13-36(16-18(35)14-30)24-20(6-7-22(23(24)26(27,28)29)39-19-4-2-3-5-19)33-25(38)21-9-11-37(34-21)17-8-10-31-32-15-17/h6-11,15,18-19H,2-5,12-14,16,30H2,1H3,(H,33,38)/t18-/m0/s1. The lowest BCUT2D eigenvalue weighted by Crippen LogP contribution is -2.54. The highest BCUT2D eigenvalue weighted by molar-refractivity contribution is 6.05. The maximum Gasteiger partial charge on any atom is 0.422 e. The van der Waals surface area contributed by atoms with Crippen LogP contribution in [0.2, 0.25) is 0 Å². The first kappa shape index (κ1) is 26.9. The van der Waals surface area contributed by atoms with Gasteiger partial charge in [0, 0.05) is 38.4 Å². The molecule has 3 aromatic rings. The predicted octanol–water partition coefficient (Wildman–Crippen LogP) is 3.33. The lowest BCUT2D eigenvalue weighted by atomic mass is 10.0. The van der Waals surface area contributed by atoms with Gasteiger partial charge in [0.2, 0.25) is 0 Å². The number of carbonyl (C=O) groups is 1. The fourth-order valence-corrected chi connectivity index (χ4v) is 5.16. The Kier molecular flexibility index (Phi) is 7.71. The number of carbonyl (C=O) groups excluding carboxylic acids is 1. The molecule has 208 valence electrons. The van der Waals surface area contributed by atoms with Crippen LogP contribution in [0.5, 0.6) is 5.75 Å². The van der Waals surface area contributed by atoms with Gasteiger partial charge in [-0.2, -0.15) is 28.5 Å². The number of nitrogens with two attached hydrogens (primary N) is 1. The zero-order chi connectivity index (χ0) is 27.6. The number of rotatable bonds is 7. The fourth-order valence-electron chi connectivity index (χ4n) is 5.16. The van der Waals surface area contributed by atoms with Gasteiger partial charge < -0.3 is 20.7 Å². The molecule has 1 atom stereocenters. The highest BCUT2D eigenvalue weighted by Gasteiger charge is 2.42. The molecule has 2 aliphatic rings. The van der Waals surface area contributed by atoms with E-state index in [1.165, 1.54) is 35.3 Å². The Morgan fingerprint density at radius 1 is 1.15 bits per heavy atom. The molecule has 1 saturated heterocycles. The average molecular weight is 545 g/mol. The van der Waals surface area contributed by atoms with Crippen molar-refractivity contribution in [3.8, 4) is 11.4 Å². The van der Waals surface area contributed by atoms with Crippen LogP contribution in [0.15, 0.2) is 42.9 Å². The molecule has 2 fully saturated rings. The first-order valence-electron chi connectivity index (χ1n) is 12.9. The van der Waals surface area contributed by atoms with E-state index in [4.69, 9.17) is 10.5 Å². The van der Waals surface area contributed by atoms with Crippen molar-refractivity contribution in [2.75, 3.05) is 43.4 Å². The molecule has 5 rings (SSSR count). The molecule has 3 heterocycles. The van der Waals surface area contributed by atoms with Crippen LogP contribution in [0, 0.1) is 0 Å². The number of amides is 1. The second-order valence-corrected chi connectivity index (χ2v) is 9.87. The van der Waals surface area contributed by atoms with Gasteiger partial charge in [-0.25, -0.2) is 4.68 Å². The molecule has 0 spiro atoms. The predicted molar refractivity (Wildman–Crippen MR) is 139 cm³/mol. The number of anilines is 2. The minimum atomic E-state index is -4.72. The molecule has 2 aromatic heterocycles. The summed E-state index contributed by atoms with van der Waals surface area (Å²) in [6.45, 7) is 1.41. The molecule has 3 N–H and O–H groups in total. The number of hydrogen-bond acceptors (Lipinski definition) is 8. The summed E-state index contributed by atoms with van der Waals surface area (Å²) in [4.78, 5) is 16.9. The van der Waals surface area contributed by atoms with E-state index >= 15 is 0 Å². The quantitative estimate of drug-likeness (QED) is 0.466. The smallest absolute Gasteiger partial charge is 0.422 e. The SMILES string of the molecule is CN1CCN(c2c(NC(=O)c3ccn(-c4ccnnc4)n3)ccc(OC3CCCC3)c2C(F)(F)F)C[C@@H]1CN. The highest BCUT2D eigenvalue weighted by Crippen LogP contribution is 2.48. The number of hydrogen-bond donors (Lipinski definition) is 2. The van der Waals surface area contributed by atoms with Crippen LogP contribution in [0.25, 0.3) is 5.69 Å². The van der Waals surface area contributed by atoms with Gasteiger partial charge in [-0.05, 0) is 57.0 Å². The Morgan fingerprint density at radius 2 is 1.95 bits per heavy atom. The van der Waals surface area contributed by atoms with Crippen molar-refractivity contribution >= 4 is 17.3 Å². The van der Waals surface area contributed by atoms with E-state index in [0.717, 1.165) is 12.8 Å². The minimum Gasteiger partial charge on any atom is -0.490 e. The van der Waals surface area contributed by atoms with Crippen molar-refractivity contribution < 1.29 is 22.7 Å². The lowest BCUT2D eigenvalue weighted by molar-refractivity contribution is -0.138. The Balaban J connectivity index is 1.53. The van der Waals surface area contributed by atoms with Crippen molar-refractivity contribution in [3.05, 3.63) is 54.1 Å². The molecule has 1 aliphatic heterocycles. The van der Waals surface area contributed by atoms with E-state index in [1.807, 2.05) is 11.9 Å². The third-order valence-corrected chi connectivity index (χ3v) is 7.29. The average Bonchev–Trinajstić information content (AvgIpc) is 3.62. The molecule has 1 amide bonds. The molecule has 39 heavy (non-hydrogen) atoms. The molecule has 0 radical (unpaired) electrons. The van der Waals surface area contributed by atoms with E-state index < -0.39 is 17.6 Å². The molecule has 1 aliphatic carbocycles. The molecule has 10 nitrogen and oxygen atoms in total. The highest BCUT2D eigenvalue weighted by atomic mass is 19.4. The van der Waals surface area contributed by atoms with Crippen LogP contribution in [0.3, 0.4) is 0 Å². The van der Waals surface area contributed by atoms with Gasteiger partial charge in [-0.3, -0.25) is 9.69 Å². The maximum atomic E-state index is 14.7. The van der Waals surface area contributed by atoms with Gasteiger partial charge in [0.15, 0.2) is 5.69 Å². The van der Waals surface area contributed by atoms with Crippen LogP contribution < -0.4 is 20.7 Å².